The predicted octanol–water partition coefficient (Wildman–Crippen LogP) is 2.84. The van der Waals surface area contributed by atoms with Gasteiger partial charge in [0, 0.05) is 27.8 Å². The zero-order valence-electron chi connectivity index (χ0n) is 12.1. The highest BCUT2D eigenvalue weighted by atomic mass is 127. The van der Waals surface area contributed by atoms with Crippen molar-refractivity contribution in [2.24, 2.45) is 0 Å². The summed E-state index contributed by atoms with van der Waals surface area (Å²) in [5.41, 5.74) is 0.816. The molecule has 0 spiro atoms. The first-order valence-corrected chi connectivity index (χ1v) is 7.57. The van der Waals surface area contributed by atoms with Crippen molar-refractivity contribution in [1.29, 1.82) is 0 Å². The lowest BCUT2D eigenvalue weighted by Crippen LogP contribution is -2.23. The number of phenols is 1. The molecule has 0 aliphatic heterocycles. The number of hydrogen-bond donors (Lipinski definition) is 2. The summed E-state index contributed by atoms with van der Waals surface area (Å²) in [5.74, 6) is -0.101. The van der Waals surface area contributed by atoms with Gasteiger partial charge in [-0.1, -0.05) is 6.07 Å². The molecule has 0 saturated heterocycles. The van der Waals surface area contributed by atoms with E-state index in [0.717, 1.165) is 5.56 Å². The van der Waals surface area contributed by atoms with E-state index in [-0.39, 0.29) is 23.5 Å². The lowest BCUT2D eigenvalue weighted by atomic mass is 10.1. The lowest BCUT2D eigenvalue weighted by Gasteiger charge is -2.08. The molecule has 0 saturated carbocycles. The average molecular weight is 428 g/mol. The maximum atomic E-state index is 12.1. The van der Waals surface area contributed by atoms with Crippen LogP contribution in [0.25, 0.3) is 0 Å². The van der Waals surface area contributed by atoms with Crippen LogP contribution in [0.15, 0.2) is 36.4 Å². The van der Waals surface area contributed by atoms with Gasteiger partial charge in [-0.05, 0) is 46.4 Å². The van der Waals surface area contributed by atoms with Crippen LogP contribution in [0, 0.1) is 13.7 Å². The summed E-state index contributed by atoms with van der Waals surface area (Å²) in [4.78, 5) is 22.5. The molecule has 2 aromatic carbocycles. The first-order valence-electron chi connectivity index (χ1n) is 6.50. The number of nitro benzene ring substituents is 1. The summed E-state index contributed by atoms with van der Waals surface area (Å²) in [5, 5.41) is 23.0. The monoisotopic (exact) mass is 428 g/mol. The SMILES string of the molecule is COc1cc(CNC(=O)c2cc(I)cc([N+](=O)[O-])c2)ccc1O. The Kier molecular flexibility index (Phi) is 5.37. The predicted molar refractivity (Wildman–Crippen MR) is 91.6 cm³/mol. The first kappa shape index (κ1) is 17.0. The normalized spacial score (nSPS) is 10.2. The van der Waals surface area contributed by atoms with Crippen molar-refractivity contribution < 1.29 is 19.6 Å². The third kappa shape index (κ3) is 4.31. The Labute approximate surface area is 145 Å². The quantitative estimate of drug-likeness (QED) is 0.433. The summed E-state index contributed by atoms with van der Waals surface area (Å²) in [6, 6.07) is 8.91. The van der Waals surface area contributed by atoms with Gasteiger partial charge in [0.05, 0.1) is 12.0 Å². The largest absolute Gasteiger partial charge is 0.504 e. The second kappa shape index (κ2) is 7.27. The van der Waals surface area contributed by atoms with Gasteiger partial charge in [-0.25, -0.2) is 0 Å². The van der Waals surface area contributed by atoms with E-state index in [1.807, 2.05) is 22.6 Å². The number of nitrogens with zero attached hydrogens (tertiary/aromatic N) is 1. The molecule has 0 aromatic heterocycles. The fourth-order valence-electron chi connectivity index (χ4n) is 1.93. The van der Waals surface area contributed by atoms with Crippen molar-refractivity contribution in [3.05, 3.63) is 61.2 Å². The number of halogens is 1. The highest BCUT2D eigenvalue weighted by Crippen LogP contribution is 2.26. The van der Waals surface area contributed by atoms with Crippen molar-refractivity contribution >= 4 is 34.2 Å². The highest BCUT2D eigenvalue weighted by molar-refractivity contribution is 14.1. The van der Waals surface area contributed by atoms with Crippen molar-refractivity contribution in [2.45, 2.75) is 6.54 Å². The minimum atomic E-state index is -0.538. The zero-order valence-corrected chi connectivity index (χ0v) is 14.2. The number of hydrogen-bond acceptors (Lipinski definition) is 5. The van der Waals surface area contributed by atoms with Gasteiger partial charge in [-0.2, -0.15) is 0 Å². The van der Waals surface area contributed by atoms with Crippen LogP contribution in [0.3, 0.4) is 0 Å². The smallest absolute Gasteiger partial charge is 0.271 e. The van der Waals surface area contributed by atoms with Crippen LogP contribution >= 0.6 is 22.6 Å². The molecule has 2 aromatic rings. The second-order valence-electron chi connectivity index (χ2n) is 4.64. The Hall–Kier alpha value is -2.36. The van der Waals surface area contributed by atoms with E-state index < -0.39 is 10.8 Å². The van der Waals surface area contributed by atoms with E-state index >= 15 is 0 Å². The molecule has 1 amide bonds. The molecular weight excluding hydrogens is 415 g/mol. The fourth-order valence-corrected chi connectivity index (χ4v) is 2.58. The number of nitrogens with one attached hydrogen (secondary N) is 1. The van der Waals surface area contributed by atoms with Gasteiger partial charge in [0.2, 0.25) is 0 Å². The van der Waals surface area contributed by atoms with Gasteiger partial charge < -0.3 is 15.2 Å². The Morgan fingerprint density at radius 3 is 2.74 bits per heavy atom. The molecule has 0 fully saturated rings. The van der Waals surface area contributed by atoms with Crippen molar-refractivity contribution in [2.75, 3.05) is 7.11 Å². The number of carbonyl (C=O) groups is 1. The number of benzene rings is 2. The van der Waals surface area contributed by atoms with Crippen LogP contribution in [0.2, 0.25) is 0 Å². The fraction of sp³-hybridized carbons (Fsp3) is 0.133. The average Bonchev–Trinajstić information content (AvgIpc) is 2.53. The van der Waals surface area contributed by atoms with Gasteiger partial charge in [0.1, 0.15) is 0 Å². The summed E-state index contributed by atoms with van der Waals surface area (Å²) in [6.45, 7) is 0.203. The van der Waals surface area contributed by atoms with Gasteiger partial charge >= 0.3 is 0 Å². The lowest BCUT2D eigenvalue weighted by molar-refractivity contribution is -0.385. The second-order valence-corrected chi connectivity index (χ2v) is 5.89. The van der Waals surface area contributed by atoms with E-state index in [4.69, 9.17) is 4.74 Å². The minimum Gasteiger partial charge on any atom is -0.504 e. The molecule has 0 radical (unpaired) electrons. The molecule has 23 heavy (non-hydrogen) atoms. The Bertz CT molecular complexity index is 764. The van der Waals surface area contributed by atoms with Crippen molar-refractivity contribution in [3.8, 4) is 11.5 Å². The van der Waals surface area contributed by atoms with Crippen LogP contribution in [0.1, 0.15) is 15.9 Å². The maximum Gasteiger partial charge on any atom is 0.271 e. The molecule has 0 unspecified atom stereocenters. The number of ether oxygens (including phenoxy) is 1. The molecule has 2 N–H and O–H groups in total. The molecule has 8 heteroatoms. The Morgan fingerprint density at radius 1 is 1.35 bits per heavy atom. The Morgan fingerprint density at radius 2 is 2.09 bits per heavy atom. The highest BCUT2D eigenvalue weighted by Gasteiger charge is 2.14. The number of methoxy groups -OCH3 is 1. The van der Waals surface area contributed by atoms with E-state index in [1.54, 1.807) is 18.2 Å². The van der Waals surface area contributed by atoms with Gasteiger partial charge in [-0.15, -0.1) is 0 Å². The van der Waals surface area contributed by atoms with Crippen LogP contribution in [-0.2, 0) is 6.54 Å². The number of rotatable bonds is 5. The number of phenolic OH excluding ortho intramolecular Hbond substituents is 1. The Balaban J connectivity index is 2.12. The molecule has 120 valence electrons. The summed E-state index contributed by atoms with van der Waals surface area (Å²) < 4.78 is 5.60. The van der Waals surface area contributed by atoms with Crippen molar-refractivity contribution in [1.82, 2.24) is 5.32 Å². The van der Waals surface area contributed by atoms with Gasteiger partial charge in [0.25, 0.3) is 11.6 Å². The summed E-state index contributed by atoms with van der Waals surface area (Å²) >= 11 is 1.92. The summed E-state index contributed by atoms with van der Waals surface area (Å²) in [7, 11) is 1.43. The molecule has 0 aliphatic rings. The standard InChI is InChI=1S/C15H13IN2O5/c1-23-14-4-9(2-3-13(14)19)8-17-15(20)10-5-11(16)7-12(6-10)18(21)22/h2-7,19H,8H2,1H3,(H,17,20). The number of nitro groups is 1. The van der Waals surface area contributed by atoms with Crippen LogP contribution in [-0.4, -0.2) is 23.0 Å². The number of amides is 1. The topological polar surface area (TPSA) is 102 Å². The zero-order chi connectivity index (χ0) is 17.0. The van der Waals surface area contributed by atoms with E-state index in [9.17, 15) is 20.0 Å². The first-order chi connectivity index (χ1) is 10.9. The number of carbonyl (C=O) groups excluding carboxylic acids is 1. The number of non-ortho nitro benzene ring substituents is 1. The molecule has 0 bridgehead atoms. The molecule has 0 heterocycles. The van der Waals surface area contributed by atoms with Crippen molar-refractivity contribution in [3.63, 3.8) is 0 Å². The molecule has 0 aliphatic carbocycles. The minimum absolute atomic E-state index is 0.0100. The van der Waals surface area contributed by atoms with Crippen LogP contribution in [0.5, 0.6) is 11.5 Å². The van der Waals surface area contributed by atoms with Crippen LogP contribution < -0.4 is 10.1 Å². The number of aromatic hydroxyl groups is 1. The van der Waals surface area contributed by atoms with E-state index in [2.05, 4.69) is 5.32 Å². The molecule has 0 atom stereocenters. The van der Waals surface area contributed by atoms with Gasteiger partial charge in [-0.3, -0.25) is 14.9 Å². The third-order valence-electron chi connectivity index (χ3n) is 3.05. The van der Waals surface area contributed by atoms with E-state index in [1.165, 1.54) is 25.3 Å². The van der Waals surface area contributed by atoms with Crippen LogP contribution in [0.4, 0.5) is 5.69 Å². The molecule has 2 rings (SSSR count). The molecule has 7 nitrogen and oxygen atoms in total. The third-order valence-corrected chi connectivity index (χ3v) is 3.68. The summed E-state index contributed by atoms with van der Waals surface area (Å²) in [6.07, 6.45) is 0. The maximum absolute atomic E-state index is 12.1. The van der Waals surface area contributed by atoms with E-state index in [0.29, 0.717) is 9.32 Å². The molecular formula is C15H13IN2O5. The van der Waals surface area contributed by atoms with Gasteiger partial charge in [0.15, 0.2) is 11.5 Å².